The number of nitrogens with one attached hydrogen (secondary N) is 3. The molecule has 0 spiro atoms. The molecule has 0 fully saturated rings. The summed E-state index contributed by atoms with van der Waals surface area (Å²) >= 11 is 0. The van der Waals surface area contributed by atoms with Crippen molar-refractivity contribution in [2.45, 2.75) is 40.3 Å². The van der Waals surface area contributed by atoms with Crippen LogP contribution in [0.3, 0.4) is 0 Å². The Bertz CT molecular complexity index is 811. The minimum Gasteiger partial charge on any atom is -0.489 e. The number of ether oxygens (including phenoxy) is 1. The second-order valence-corrected chi connectivity index (χ2v) is 6.65. The number of para-hydroxylation sites is 1. The number of hydrogen-bond acceptors (Lipinski definition) is 3. The van der Waals surface area contributed by atoms with Crippen LogP contribution >= 0.6 is 24.0 Å². The molecule has 0 aliphatic carbocycles. The molecule has 1 atom stereocenters. The third-order valence-corrected chi connectivity index (χ3v) is 3.99. The molecule has 1 amide bonds. The highest BCUT2D eigenvalue weighted by Crippen LogP contribution is 2.17. The third kappa shape index (κ3) is 9.17. The number of guanidine groups is 1. The first-order valence-corrected chi connectivity index (χ1v) is 9.59. The van der Waals surface area contributed by atoms with Crippen LogP contribution in [0, 0.1) is 6.92 Å². The summed E-state index contributed by atoms with van der Waals surface area (Å²) < 4.78 is 6.00. The van der Waals surface area contributed by atoms with Gasteiger partial charge >= 0.3 is 0 Å². The van der Waals surface area contributed by atoms with Crippen molar-refractivity contribution in [3.05, 3.63) is 59.7 Å². The summed E-state index contributed by atoms with van der Waals surface area (Å²) in [6.07, 6.45) is -0.00643. The Morgan fingerprint density at radius 3 is 2.59 bits per heavy atom. The Kier molecular flexibility index (Phi) is 11.1. The van der Waals surface area contributed by atoms with Gasteiger partial charge < -0.3 is 20.7 Å². The summed E-state index contributed by atoms with van der Waals surface area (Å²) in [6, 6.07) is 15.7. The minimum atomic E-state index is -0.0849. The van der Waals surface area contributed by atoms with Crippen molar-refractivity contribution in [2.24, 2.45) is 4.99 Å². The van der Waals surface area contributed by atoms with Gasteiger partial charge in [0.25, 0.3) is 0 Å². The summed E-state index contributed by atoms with van der Waals surface area (Å²) in [5.41, 5.74) is 2.92. The fourth-order valence-corrected chi connectivity index (χ4v) is 2.65. The molecule has 0 bridgehead atoms. The summed E-state index contributed by atoms with van der Waals surface area (Å²) in [6.45, 7) is 9.50. The number of carbonyl (C=O) groups excluding carboxylic acids is 1. The molecular formula is C22H31IN4O2. The molecule has 7 heteroatoms. The van der Waals surface area contributed by atoms with E-state index in [0.29, 0.717) is 13.1 Å². The Morgan fingerprint density at radius 1 is 1.14 bits per heavy atom. The molecule has 0 radical (unpaired) electrons. The van der Waals surface area contributed by atoms with E-state index in [0.717, 1.165) is 35.1 Å². The smallest absolute Gasteiger partial charge is 0.221 e. The van der Waals surface area contributed by atoms with Gasteiger partial charge in [-0.05, 0) is 50.1 Å². The first-order valence-electron chi connectivity index (χ1n) is 9.59. The number of carbonyl (C=O) groups is 1. The number of benzene rings is 2. The number of halogens is 1. The van der Waals surface area contributed by atoms with Gasteiger partial charge in [0.2, 0.25) is 5.91 Å². The van der Waals surface area contributed by atoms with E-state index in [1.807, 2.05) is 69.3 Å². The standard InChI is InChI=1S/C22H30N4O2.HI/c1-5-23-22(24-14-17(3)28-21-12-7-6-9-16(21)2)25-15-19-10-8-11-20(13-19)26-18(4)27;/h6-13,17H,5,14-15H2,1-4H3,(H,26,27)(H2,23,24,25);1H. The summed E-state index contributed by atoms with van der Waals surface area (Å²) in [4.78, 5) is 15.8. The highest BCUT2D eigenvalue weighted by molar-refractivity contribution is 14.0. The highest BCUT2D eigenvalue weighted by Gasteiger charge is 2.07. The molecule has 0 heterocycles. The molecule has 3 N–H and O–H groups in total. The van der Waals surface area contributed by atoms with Gasteiger partial charge in [-0.25, -0.2) is 4.99 Å². The van der Waals surface area contributed by atoms with E-state index in [4.69, 9.17) is 4.74 Å². The van der Waals surface area contributed by atoms with Crippen LogP contribution < -0.4 is 20.7 Å². The lowest BCUT2D eigenvalue weighted by atomic mass is 10.2. The van der Waals surface area contributed by atoms with Gasteiger partial charge in [-0.15, -0.1) is 24.0 Å². The molecular weight excluding hydrogens is 479 g/mol. The van der Waals surface area contributed by atoms with Crippen molar-refractivity contribution in [2.75, 3.05) is 18.4 Å². The minimum absolute atomic E-state index is 0. The van der Waals surface area contributed by atoms with Crippen molar-refractivity contribution < 1.29 is 9.53 Å². The van der Waals surface area contributed by atoms with E-state index >= 15 is 0 Å². The van der Waals surface area contributed by atoms with Gasteiger partial charge in [-0.2, -0.15) is 0 Å². The zero-order chi connectivity index (χ0) is 20.4. The molecule has 2 rings (SSSR count). The zero-order valence-electron chi connectivity index (χ0n) is 17.5. The monoisotopic (exact) mass is 510 g/mol. The normalized spacial score (nSPS) is 11.8. The van der Waals surface area contributed by atoms with E-state index < -0.39 is 0 Å². The Morgan fingerprint density at radius 2 is 1.90 bits per heavy atom. The Labute approximate surface area is 190 Å². The van der Waals surface area contributed by atoms with E-state index in [9.17, 15) is 4.79 Å². The van der Waals surface area contributed by atoms with Gasteiger partial charge in [0, 0.05) is 19.2 Å². The van der Waals surface area contributed by atoms with Crippen molar-refractivity contribution in [3.8, 4) is 5.75 Å². The number of anilines is 1. The molecule has 0 aliphatic heterocycles. The molecule has 1 unspecified atom stereocenters. The van der Waals surface area contributed by atoms with E-state index in [2.05, 4.69) is 20.9 Å². The van der Waals surface area contributed by atoms with Crippen LogP contribution in [-0.2, 0) is 11.3 Å². The third-order valence-electron chi connectivity index (χ3n) is 3.99. The fourth-order valence-electron chi connectivity index (χ4n) is 2.65. The van der Waals surface area contributed by atoms with Crippen molar-refractivity contribution in [3.63, 3.8) is 0 Å². The molecule has 0 aromatic heterocycles. The number of aryl methyl sites for hydroxylation is 1. The second kappa shape index (κ2) is 13.0. The van der Waals surface area contributed by atoms with Gasteiger partial charge in [-0.1, -0.05) is 30.3 Å². The molecule has 29 heavy (non-hydrogen) atoms. The zero-order valence-corrected chi connectivity index (χ0v) is 19.8. The topological polar surface area (TPSA) is 74.8 Å². The van der Waals surface area contributed by atoms with E-state index in [1.54, 1.807) is 0 Å². The van der Waals surface area contributed by atoms with Crippen LogP contribution in [0.5, 0.6) is 5.75 Å². The number of hydrogen-bond donors (Lipinski definition) is 3. The SMILES string of the molecule is CCNC(=NCc1cccc(NC(C)=O)c1)NCC(C)Oc1ccccc1C.I. The van der Waals surface area contributed by atoms with E-state index in [1.165, 1.54) is 6.92 Å². The molecule has 2 aromatic carbocycles. The molecule has 2 aromatic rings. The number of rotatable bonds is 8. The average molecular weight is 510 g/mol. The first-order chi connectivity index (χ1) is 13.5. The molecule has 0 saturated carbocycles. The average Bonchev–Trinajstić information content (AvgIpc) is 2.65. The number of nitrogens with zero attached hydrogens (tertiary/aromatic N) is 1. The van der Waals surface area contributed by atoms with Crippen LogP contribution in [0.2, 0.25) is 0 Å². The predicted octanol–water partition coefficient (Wildman–Crippen LogP) is 4.09. The summed E-state index contributed by atoms with van der Waals surface area (Å²) in [5.74, 6) is 1.54. The molecule has 6 nitrogen and oxygen atoms in total. The largest absolute Gasteiger partial charge is 0.489 e. The highest BCUT2D eigenvalue weighted by atomic mass is 127. The summed E-state index contributed by atoms with van der Waals surface area (Å²) in [5, 5.41) is 9.36. The lowest BCUT2D eigenvalue weighted by Crippen LogP contribution is -2.41. The maximum Gasteiger partial charge on any atom is 0.221 e. The van der Waals surface area contributed by atoms with Gasteiger partial charge in [-0.3, -0.25) is 4.79 Å². The molecule has 0 saturated heterocycles. The van der Waals surface area contributed by atoms with Gasteiger partial charge in [0.05, 0.1) is 13.1 Å². The molecule has 0 aliphatic rings. The number of aliphatic imine (C=N–C) groups is 1. The van der Waals surface area contributed by atoms with Crippen molar-refractivity contribution >= 4 is 41.5 Å². The van der Waals surface area contributed by atoms with Crippen LogP contribution in [0.4, 0.5) is 5.69 Å². The quantitative estimate of drug-likeness (QED) is 0.284. The van der Waals surface area contributed by atoms with Crippen molar-refractivity contribution in [1.82, 2.24) is 10.6 Å². The second-order valence-electron chi connectivity index (χ2n) is 6.65. The van der Waals surface area contributed by atoms with Gasteiger partial charge in [0.1, 0.15) is 11.9 Å². The Hall–Kier alpha value is -2.29. The maximum absolute atomic E-state index is 11.2. The fraction of sp³-hybridized carbons (Fsp3) is 0.364. The lowest BCUT2D eigenvalue weighted by molar-refractivity contribution is -0.114. The number of amides is 1. The van der Waals surface area contributed by atoms with Crippen LogP contribution in [0.1, 0.15) is 31.9 Å². The van der Waals surface area contributed by atoms with Crippen LogP contribution in [0.15, 0.2) is 53.5 Å². The van der Waals surface area contributed by atoms with Gasteiger partial charge in [0.15, 0.2) is 5.96 Å². The molecule has 158 valence electrons. The predicted molar refractivity (Wildman–Crippen MR) is 130 cm³/mol. The van der Waals surface area contributed by atoms with Crippen molar-refractivity contribution in [1.29, 1.82) is 0 Å². The Balaban J connectivity index is 0.00000420. The van der Waals surface area contributed by atoms with E-state index in [-0.39, 0.29) is 36.0 Å². The first kappa shape index (κ1) is 24.7. The van der Waals surface area contributed by atoms with Crippen LogP contribution in [0.25, 0.3) is 0 Å². The maximum atomic E-state index is 11.2. The lowest BCUT2D eigenvalue weighted by Gasteiger charge is -2.18. The summed E-state index contributed by atoms with van der Waals surface area (Å²) in [7, 11) is 0. The van der Waals surface area contributed by atoms with Crippen LogP contribution in [-0.4, -0.2) is 31.1 Å².